The Labute approximate surface area is 160 Å². The van der Waals surface area contributed by atoms with E-state index in [1.807, 2.05) is 42.5 Å². The monoisotopic (exact) mass is 378 g/mol. The van der Waals surface area contributed by atoms with E-state index in [-0.39, 0.29) is 5.91 Å². The quantitative estimate of drug-likeness (QED) is 0.506. The van der Waals surface area contributed by atoms with Gasteiger partial charge in [-0.15, -0.1) is 11.3 Å². The zero-order valence-electron chi connectivity index (χ0n) is 13.8. The minimum absolute atomic E-state index is 0.175. The van der Waals surface area contributed by atoms with E-state index in [2.05, 4.69) is 16.4 Å². The Morgan fingerprint density at radius 2 is 1.69 bits per heavy atom. The number of nitrogens with one attached hydrogen (secondary N) is 1. The SMILES string of the molecule is O=C(NCc1ccc(-c2nc3ccccc3s2)cc1)c1ccccc1Cl. The number of carbonyl (C=O) groups is 1. The molecule has 5 heteroatoms. The number of benzene rings is 3. The fourth-order valence-electron chi connectivity index (χ4n) is 2.68. The molecule has 0 aliphatic carbocycles. The average molecular weight is 379 g/mol. The molecule has 0 atom stereocenters. The summed E-state index contributed by atoms with van der Waals surface area (Å²) >= 11 is 7.73. The summed E-state index contributed by atoms with van der Waals surface area (Å²) in [7, 11) is 0. The van der Waals surface area contributed by atoms with E-state index in [9.17, 15) is 4.79 Å². The Hall–Kier alpha value is -2.69. The summed E-state index contributed by atoms with van der Waals surface area (Å²) in [6, 6.07) is 23.2. The Morgan fingerprint density at radius 3 is 2.46 bits per heavy atom. The van der Waals surface area contributed by atoms with Gasteiger partial charge in [0.25, 0.3) is 5.91 Å². The maximum atomic E-state index is 12.2. The molecule has 0 aliphatic heterocycles. The van der Waals surface area contributed by atoms with Gasteiger partial charge in [-0.05, 0) is 29.8 Å². The second kappa shape index (κ2) is 7.28. The van der Waals surface area contributed by atoms with Crippen LogP contribution in [0, 0.1) is 0 Å². The fraction of sp³-hybridized carbons (Fsp3) is 0.0476. The van der Waals surface area contributed by atoms with Gasteiger partial charge < -0.3 is 5.32 Å². The van der Waals surface area contributed by atoms with Crippen molar-refractivity contribution in [1.82, 2.24) is 10.3 Å². The van der Waals surface area contributed by atoms with Crippen LogP contribution in [0.15, 0.2) is 72.8 Å². The molecule has 0 saturated carbocycles. The van der Waals surface area contributed by atoms with Crippen LogP contribution in [0.2, 0.25) is 5.02 Å². The molecule has 0 fully saturated rings. The van der Waals surface area contributed by atoms with Crippen LogP contribution in [0.1, 0.15) is 15.9 Å². The lowest BCUT2D eigenvalue weighted by molar-refractivity contribution is 0.0951. The first-order chi connectivity index (χ1) is 12.7. The van der Waals surface area contributed by atoms with Crippen molar-refractivity contribution >= 4 is 39.1 Å². The molecular formula is C21H15ClN2OS. The van der Waals surface area contributed by atoms with Gasteiger partial charge in [-0.1, -0.05) is 60.1 Å². The Bertz CT molecular complexity index is 1040. The predicted octanol–water partition coefficient (Wildman–Crippen LogP) is 5.55. The molecule has 4 aromatic rings. The third kappa shape index (κ3) is 3.47. The zero-order chi connectivity index (χ0) is 17.9. The zero-order valence-corrected chi connectivity index (χ0v) is 15.3. The number of hydrogen-bond acceptors (Lipinski definition) is 3. The smallest absolute Gasteiger partial charge is 0.253 e. The number of thiazole rings is 1. The molecule has 128 valence electrons. The fourth-order valence-corrected chi connectivity index (χ4v) is 3.88. The van der Waals surface area contributed by atoms with Crippen molar-refractivity contribution in [2.75, 3.05) is 0 Å². The normalized spacial score (nSPS) is 10.8. The summed E-state index contributed by atoms with van der Waals surface area (Å²) in [5, 5.41) is 4.35. The number of aromatic nitrogens is 1. The van der Waals surface area contributed by atoms with E-state index in [1.54, 1.807) is 35.6 Å². The summed E-state index contributed by atoms with van der Waals surface area (Å²) < 4.78 is 1.18. The number of para-hydroxylation sites is 1. The number of rotatable bonds is 4. The molecule has 0 spiro atoms. The summed E-state index contributed by atoms with van der Waals surface area (Å²) in [5.74, 6) is -0.175. The molecule has 26 heavy (non-hydrogen) atoms. The molecule has 0 saturated heterocycles. The van der Waals surface area contributed by atoms with Crippen molar-refractivity contribution in [3.63, 3.8) is 0 Å². The van der Waals surface area contributed by atoms with Crippen LogP contribution in [-0.4, -0.2) is 10.9 Å². The van der Waals surface area contributed by atoms with Gasteiger partial charge >= 0.3 is 0 Å². The minimum Gasteiger partial charge on any atom is -0.348 e. The van der Waals surface area contributed by atoms with Crippen LogP contribution < -0.4 is 5.32 Å². The van der Waals surface area contributed by atoms with Gasteiger partial charge in [-0.2, -0.15) is 0 Å². The molecule has 0 unspecified atom stereocenters. The standard InChI is InChI=1S/C21H15ClN2OS/c22-17-6-2-1-5-16(17)20(25)23-13-14-9-11-15(12-10-14)21-24-18-7-3-4-8-19(18)26-21/h1-12H,13H2,(H,23,25). The Balaban J connectivity index is 1.46. The number of halogens is 1. The van der Waals surface area contributed by atoms with Gasteiger partial charge in [0, 0.05) is 12.1 Å². The lowest BCUT2D eigenvalue weighted by Crippen LogP contribution is -2.23. The van der Waals surface area contributed by atoms with Crippen molar-refractivity contribution in [3.05, 3.63) is 88.9 Å². The van der Waals surface area contributed by atoms with Crippen molar-refractivity contribution in [1.29, 1.82) is 0 Å². The van der Waals surface area contributed by atoms with Crippen molar-refractivity contribution < 1.29 is 4.79 Å². The first-order valence-corrected chi connectivity index (χ1v) is 9.38. The molecule has 0 radical (unpaired) electrons. The first kappa shape index (κ1) is 16.8. The molecule has 1 heterocycles. The maximum absolute atomic E-state index is 12.2. The molecule has 1 N–H and O–H groups in total. The van der Waals surface area contributed by atoms with E-state index >= 15 is 0 Å². The van der Waals surface area contributed by atoms with Gasteiger partial charge in [-0.3, -0.25) is 4.79 Å². The van der Waals surface area contributed by atoms with E-state index in [0.29, 0.717) is 17.1 Å². The molecule has 3 nitrogen and oxygen atoms in total. The van der Waals surface area contributed by atoms with Gasteiger partial charge in [0.15, 0.2) is 0 Å². The van der Waals surface area contributed by atoms with Gasteiger partial charge in [-0.25, -0.2) is 4.98 Å². The highest BCUT2D eigenvalue weighted by Gasteiger charge is 2.09. The molecule has 3 aromatic carbocycles. The van der Waals surface area contributed by atoms with E-state index < -0.39 is 0 Å². The van der Waals surface area contributed by atoms with Crippen LogP contribution in [0.25, 0.3) is 20.8 Å². The number of amides is 1. The van der Waals surface area contributed by atoms with Crippen molar-refractivity contribution in [2.24, 2.45) is 0 Å². The lowest BCUT2D eigenvalue weighted by atomic mass is 10.1. The third-order valence-electron chi connectivity index (χ3n) is 4.07. The molecule has 1 aromatic heterocycles. The minimum atomic E-state index is -0.175. The largest absolute Gasteiger partial charge is 0.348 e. The average Bonchev–Trinajstić information content (AvgIpc) is 3.11. The third-order valence-corrected chi connectivity index (χ3v) is 5.48. The summed E-state index contributed by atoms with van der Waals surface area (Å²) in [6.45, 7) is 0.449. The lowest BCUT2D eigenvalue weighted by Gasteiger charge is -2.07. The van der Waals surface area contributed by atoms with Crippen molar-refractivity contribution in [2.45, 2.75) is 6.54 Å². The first-order valence-electron chi connectivity index (χ1n) is 8.18. The highest BCUT2D eigenvalue weighted by atomic mass is 35.5. The summed E-state index contributed by atoms with van der Waals surface area (Å²) in [6.07, 6.45) is 0. The Kier molecular flexibility index (Phi) is 4.69. The molecule has 1 amide bonds. The second-order valence-corrected chi connectivity index (χ2v) is 7.28. The molecule has 0 aliphatic rings. The number of nitrogens with zero attached hydrogens (tertiary/aromatic N) is 1. The molecule has 0 bridgehead atoms. The van der Waals surface area contributed by atoms with Gasteiger partial charge in [0.1, 0.15) is 5.01 Å². The molecular weight excluding hydrogens is 364 g/mol. The second-order valence-electron chi connectivity index (χ2n) is 5.85. The maximum Gasteiger partial charge on any atom is 0.253 e. The topological polar surface area (TPSA) is 42.0 Å². The Morgan fingerprint density at radius 1 is 0.962 bits per heavy atom. The molecule has 4 rings (SSSR count). The predicted molar refractivity (Wildman–Crippen MR) is 108 cm³/mol. The number of carbonyl (C=O) groups excluding carboxylic acids is 1. The van der Waals surface area contributed by atoms with Gasteiger partial charge in [0.2, 0.25) is 0 Å². The van der Waals surface area contributed by atoms with Crippen LogP contribution in [0.5, 0.6) is 0 Å². The number of fused-ring (bicyclic) bond motifs is 1. The summed E-state index contributed by atoms with van der Waals surface area (Å²) in [4.78, 5) is 16.9. The van der Waals surface area contributed by atoms with E-state index in [1.165, 1.54) is 4.70 Å². The van der Waals surface area contributed by atoms with Crippen LogP contribution in [-0.2, 0) is 6.54 Å². The highest BCUT2D eigenvalue weighted by Crippen LogP contribution is 2.30. The highest BCUT2D eigenvalue weighted by molar-refractivity contribution is 7.21. The van der Waals surface area contributed by atoms with E-state index in [0.717, 1.165) is 21.7 Å². The van der Waals surface area contributed by atoms with Gasteiger partial charge in [0.05, 0.1) is 20.8 Å². The van der Waals surface area contributed by atoms with Crippen LogP contribution in [0.3, 0.4) is 0 Å². The van der Waals surface area contributed by atoms with E-state index in [4.69, 9.17) is 11.6 Å². The van der Waals surface area contributed by atoms with Crippen LogP contribution in [0.4, 0.5) is 0 Å². The summed E-state index contributed by atoms with van der Waals surface area (Å²) in [5.41, 5.74) is 3.60. The number of hydrogen-bond donors (Lipinski definition) is 1. The van der Waals surface area contributed by atoms with Crippen molar-refractivity contribution in [3.8, 4) is 10.6 Å². The van der Waals surface area contributed by atoms with Crippen LogP contribution >= 0.6 is 22.9 Å².